The van der Waals surface area contributed by atoms with Crippen molar-refractivity contribution >= 4 is 17.4 Å². The molecule has 2 aromatic rings. The molecule has 0 saturated carbocycles. The number of rotatable bonds is 2. The van der Waals surface area contributed by atoms with Crippen LogP contribution in [0.25, 0.3) is 11.1 Å². The smallest absolute Gasteiger partial charge is 0.294 e. The standard InChI is InChI=1S/C15H10ClF3O/c1-9(20)13-7-6-12(16)8-14(13)10-2-4-11(5-3-10)15(17,18)19/h2-8H,1H3. The van der Waals surface area contributed by atoms with Crippen molar-refractivity contribution in [2.75, 3.05) is 0 Å². The van der Waals surface area contributed by atoms with E-state index in [9.17, 15) is 18.0 Å². The van der Waals surface area contributed by atoms with E-state index in [0.717, 1.165) is 12.1 Å². The number of alkyl halides is 3. The number of carbonyl (C=O) groups excluding carboxylic acids is 1. The lowest BCUT2D eigenvalue weighted by Gasteiger charge is -2.10. The minimum absolute atomic E-state index is 0.170. The second-order valence-corrected chi connectivity index (χ2v) is 4.76. The molecule has 0 amide bonds. The molecule has 1 nitrogen and oxygen atoms in total. The summed E-state index contributed by atoms with van der Waals surface area (Å²) in [7, 11) is 0. The number of carbonyl (C=O) groups is 1. The van der Waals surface area contributed by atoms with Gasteiger partial charge in [-0.1, -0.05) is 23.7 Å². The van der Waals surface area contributed by atoms with Crippen molar-refractivity contribution in [3.8, 4) is 11.1 Å². The lowest BCUT2D eigenvalue weighted by molar-refractivity contribution is -0.137. The maximum atomic E-state index is 12.5. The molecule has 0 radical (unpaired) electrons. The zero-order valence-electron chi connectivity index (χ0n) is 10.5. The first-order valence-corrected chi connectivity index (χ1v) is 6.15. The molecule has 0 heterocycles. The Bertz CT molecular complexity index is 645. The van der Waals surface area contributed by atoms with Crippen molar-refractivity contribution in [2.24, 2.45) is 0 Å². The molecule has 0 aromatic heterocycles. The minimum atomic E-state index is -4.38. The molecular weight excluding hydrogens is 289 g/mol. The van der Waals surface area contributed by atoms with Gasteiger partial charge in [-0.25, -0.2) is 0 Å². The SMILES string of the molecule is CC(=O)c1ccc(Cl)cc1-c1ccc(C(F)(F)F)cc1. The van der Waals surface area contributed by atoms with Crippen molar-refractivity contribution < 1.29 is 18.0 Å². The summed E-state index contributed by atoms with van der Waals surface area (Å²) in [6.07, 6.45) is -4.38. The molecule has 0 spiro atoms. The summed E-state index contributed by atoms with van der Waals surface area (Å²) in [5.74, 6) is -0.170. The Hall–Kier alpha value is -1.81. The van der Waals surface area contributed by atoms with Crippen LogP contribution in [0.5, 0.6) is 0 Å². The predicted octanol–water partition coefficient (Wildman–Crippen LogP) is 5.23. The van der Waals surface area contributed by atoms with E-state index in [4.69, 9.17) is 11.6 Å². The third-order valence-electron chi connectivity index (χ3n) is 2.88. The molecule has 0 aliphatic carbocycles. The molecule has 0 aliphatic rings. The van der Waals surface area contributed by atoms with Crippen molar-refractivity contribution in [3.63, 3.8) is 0 Å². The quantitative estimate of drug-likeness (QED) is 0.694. The van der Waals surface area contributed by atoms with Crippen LogP contribution in [0.2, 0.25) is 5.02 Å². The molecule has 0 atom stereocenters. The molecule has 0 saturated heterocycles. The van der Waals surface area contributed by atoms with Gasteiger partial charge in [-0.05, 0) is 48.4 Å². The predicted molar refractivity (Wildman–Crippen MR) is 71.9 cm³/mol. The lowest BCUT2D eigenvalue weighted by atomic mass is 9.96. The first kappa shape index (κ1) is 14.6. The van der Waals surface area contributed by atoms with Crippen LogP contribution in [0.15, 0.2) is 42.5 Å². The summed E-state index contributed by atoms with van der Waals surface area (Å²) in [6.45, 7) is 1.40. The minimum Gasteiger partial charge on any atom is -0.294 e. The van der Waals surface area contributed by atoms with E-state index in [-0.39, 0.29) is 5.78 Å². The van der Waals surface area contributed by atoms with Crippen LogP contribution >= 0.6 is 11.6 Å². The fourth-order valence-electron chi connectivity index (χ4n) is 1.90. The van der Waals surface area contributed by atoms with E-state index < -0.39 is 11.7 Å². The number of halogens is 4. The van der Waals surface area contributed by atoms with Gasteiger partial charge in [0.25, 0.3) is 0 Å². The number of hydrogen-bond acceptors (Lipinski definition) is 1. The molecule has 5 heteroatoms. The normalized spacial score (nSPS) is 11.4. The molecule has 0 fully saturated rings. The molecule has 2 rings (SSSR count). The summed E-state index contributed by atoms with van der Waals surface area (Å²) in [5.41, 5.74) is 0.742. The van der Waals surface area contributed by atoms with Gasteiger partial charge in [-0.2, -0.15) is 13.2 Å². The molecule has 104 valence electrons. The average molecular weight is 299 g/mol. The van der Waals surface area contributed by atoms with E-state index >= 15 is 0 Å². The highest BCUT2D eigenvalue weighted by atomic mass is 35.5. The zero-order valence-corrected chi connectivity index (χ0v) is 11.2. The summed E-state index contributed by atoms with van der Waals surface area (Å²) in [4.78, 5) is 11.6. The first-order valence-electron chi connectivity index (χ1n) is 5.77. The van der Waals surface area contributed by atoms with E-state index in [0.29, 0.717) is 21.7 Å². The Morgan fingerprint density at radius 1 is 1.05 bits per heavy atom. The zero-order chi connectivity index (χ0) is 14.9. The molecule has 0 bridgehead atoms. The van der Waals surface area contributed by atoms with Crippen LogP contribution in [0.4, 0.5) is 13.2 Å². The summed E-state index contributed by atoms with van der Waals surface area (Å²) in [6, 6.07) is 9.35. The van der Waals surface area contributed by atoms with E-state index in [1.165, 1.54) is 19.1 Å². The van der Waals surface area contributed by atoms with E-state index in [1.807, 2.05) is 0 Å². The second kappa shape index (κ2) is 5.29. The number of hydrogen-bond donors (Lipinski definition) is 0. The van der Waals surface area contributed by atoms with Crippen molar-refractivity contribution in [2.45, 2.75) is 13.1 Å². The van der Waals surface area contributed by atoms with Gasteiger partial charge in [0.15, 0.2) is 5.78 Å². The Balaban J connectivity index is 2.52. The highest BCUT2D eigenvalue weighted by Gasteiger charge is 2.30. The van der Waals surface area contributed by atoms with Crippen LogP contribution < -0.4 is 0 Å². The Labute approximate surface area is 119 Å². The van der Waals surface area contributed by atoms with Gasteiger partial charge in [-0.3, -0.25) is 4.79 Å². The maximum absolute atomic E-state index is 12.5. The Kier molecular flexibility index (Phi) is 3.86. The molecule has 0 unspecified atom stereocenters. The van der Waals surface area contributed by atoms with Crippen LogP contribution in [-0.2, 0) is 6.18 Å². The molecule has 20 heavy (non-hydrogen) atoms. The van der Waals surface area contributed by atoms with Gasteiger partial charge in [0.1, 0.15) is 0 Å². The summed E-state index contributed by atoms with van der Waals surface area (Å²) in [5, 5.41) is 0.421. The van der Waals surface area contributed by atoms with Gasteiger partial charge in [0.2, 0.25) is 0 Å². The highest BCUT2D eigenvalue weighted by molar-refractivity contribution is 6.31. The van der Waals surface area contributed by atoms with Gasteiger partial charge in [0.05, 0.1) is 5.56 Å². The van der Waals surface area contributed by atoms with Gasteiger partial charge in [-0.15, -0.1) is 0 Å². The van der Waals surface area contributed by atoms with E-state index in [1.54, 1.807) is 18.2 Å². The molecule has 2 aromatic carbocycles. The third kappa shape index (κ3) is 3.02. The first-order chi connectivity index (χ1) is 9.29. The molecule has 0 N–H and O–H groups in total. The number of ketones is 1. The van der Waals surface area contributed by atoms with Gasteiger partial charge < -0.3 is 0 Å². The number of benzene rings is 2. The summed E-state index contributed by atoms with van der Waals surface area (Å²) < 4.78 is 37.6. The maximum Gasteiger partial charge on any atom is 0.416 e. The average Bonchev–Trinajstić information content (AvgIpc) is 2.37. The fraction of sp³-hybridized carbons (Fsp3) is 0.133. The van der Waals surface area contributed by atoms with Crippen LogP contribution in [0.3, 0.4) is 0 Å². The van der Waals surface area contributed by atoms with Gasteiger partial charge >= 0.3 is 6.18 Å². The second-order valence-electron chi connectivity index (χ2n) is 4.32. The van der Waals surface area contributed by atoms with Gasteiger partial charge in [0, 0.05) is 10.6 Å². The lowest BCUT2D eigenvalue weighted by Crippen LogP contribution is -2.04. The Morgan fingerprint density at radius 3 is 2.15 bits per heavy atom. The van der Waals surface area contributed by atoms with Crippen LogP contribution in [0.1, 0.15) is 22.8 Å². The van der Waals surface area contributed by atoms with Crippen molar-refractivity contribution in [3.05, 3.63) is 58.6 Å². The molecular formula is C15H10ClF3O. The molecule has 0 aliphatic heterocycles. The van der Waals surface area contributed by atoms with Crippen LogP contribution in [0, 0.1) is 0 Å². The van der Waals surface area contributed by atoms with Crippen molar-refractivity contribution in [1.29, 1.82) is 0 Å². The topological polar surface area (TPSA) is 17.1 Å². The fourth-order valence-corrected chi connectivity index (χ4v) is 2.07. The monoisotopic (exact) mass is 298 g/mol. The van der Waals surface area contributed by atoms with E-state index in [2.05, 4.69) is 0 Å². The number of Topliss-reactive ketones (excluding diaryl/α,β-unsaturated/α-hetero) is 1. The Morgan fingerprint density at radius 2 is 1.65 bits per heavy atom. The highest BCUT2D eigenvalue weighted by Crippen LogP contribution is 2.32. The van der Waals surface area contributed by atoms with Crippen LogP contribution in [-0.4, -0.2) is 5.78 Å². The third-order valence-corrected chi connectivity index (χ3v) is 3.12. The van der Waals surface area contributed by atoms with Crippen molar-refractivity contribution in [1.82, 2.24) is 0 Å². The summed E-state index contributed by atoms with van der Waals surface area (Å²) >= 11 is 5.88. The largest absolute Gasteiger partial charge is 0.416 e.